The zero-order valence-electron chi connectivity index (χ0n) is 12.1. The van der Waals surface area contributed by atoms with Crippen LogP contribution in [0.3, 0.4) is 0 Å². The summed E-state index contributed by atoms with van der Waals surface area (Å²) >= 11 is 0. The van der Waals surface area contributed by atoms with Crippen molar-refractivity contribution in [3.8, 4) is 0 Å². The lowest BCUT2D eigenvalue weighted by Crippen LogP contribution is -2.44. The van der Waals surface area contributed by atoms with Gasteiger partial charge in [-0.2, -0.15) is 0 Å². The molecule has 0 bridgehead atoms. The van der Waals surface area contributed by atoms with Crippen LogP contribution in [-0.2, 0) is 9.53 Å². The maximum Gasteiger partial charge on any atom is 0.252 e. The molecule has 0 radical (unpaired) electrons. The van der Waals surface area contributed by atoms with Crippen LogP contribution in [0.4, 0.5) is 0 Å². The van der Waals surface area contributed by atoms with E-state index in [-0.39, 0.29) is 11.3 Å². The second-order valence-corrected chi connectivity index (χ2v) is 6.20. The van der Waals surface area contributed by atoms with E-state index in [1.54, 1.807) is 7.11 Å². The Kier molecular flexibility index (Phi) is 4.73. The van der Waals surface area contributed by atoms with Crippen LogP contribution in [0.15, 0.2) is 4.99 Å². The van der Waals surface area contributed by atoms with E-state index >= 15 is 0 Å². The number of aliphatic imine (C=N–C) groups is 1. The van der Waals surface area contributed by atoms with E-state index in [1.807, 2.05) is 6.92 Å². The summed E-state index contributed by atoms with van der Waals surface area (Å²) in [4.78, 5) is 16.2. The number of amides is 1. The van der Waals surface area contributed by atoms with Crippen LogP contribution in [0.2, 0.25) is 0 Å². The van der Waals surface area contributed by atoms with E-state index in [1.165, 1.54) is 0 Å². The van der Waals surface area contributed by atoms with Gasteiger partial charge in [-0.15, -0.1) is 0 Å². The van der Waals surface area contributed by atoms with Crippen LogP contribution in [0, 0.1) is 5.41 Å². The molecule has 0 saturated carbocycles. The van der Waals surface area contributed by atoms with Crippen LogP contribution in [-0.4, -0.2) is 37.7 Å². The van der Waals surface area contributed by atoms with Gasteiger partial charge < -0.3 is 10.1 Å². The molecule has 1 heterocycles. The normalized spacial score (nSPS) is 26.3. The smallest absolute Gasteiger partial charge is 0.252 e. The van der Waals surface area contributed by atoms with Crippen molar-refractivity contribution in [3.63, 3.8) is 0 Å². The van der Waals surface area contributed by atoms with Crippen molar-refractivity contribution in [2.75, 3.05) is 20.3 Å². The average molecular weight is 255 g/mol. The molecule has 1 atom stereocenters. The zero-order valence-corrected chi connectivity index (χ0v) is 12.1. The highest BCUT2D eigenvalue weighted by Crippen LogP contribution is 2.27. The van der Waals surface area contributed by atoms with Crippen LogP contribution in [0.1, 0.15) is 40.5 Å². The monoisotopic (exact) mass is 255 g/mol. The highest BCUT2D eigenvalue weighted by molar-refractivity contribution is 6.08. The number of carbonyl (C=O) groups excluding carboxylic acids is 1. The molecule has 1 rings (SSSR count). The summed E-state index contributed by atoms with van der Waals surface area (Å²) in [7, 11) is 1.63. The molecule has 0 aliphatic carbocycles. The average Bonchev–Trinajstić information content (AvgIpc) is 2.52. The van der Waals surface area contributed by atoms with Gasteiger partial charge in [-0.25, -0.2) is 0 Å². The summed E-state index contributed by atoms with van der Waals surface area (Å²) in [6.07, 6.45) is 1.78. The van der Waals surface area contributed by atoms with E-state index in [4.69, 9.17) is 4.74 Å². The molecule has 5 nitrogen and oxygen atoms in total. The largest absolute Gasteiger partial charge is 0.383 e. The van der Waals surface area contributed by atoms with Gasteiger partial charge in [0.15, 0.2) is 5.96 Å². The molecule has 1 fully saturated rings. The number of nitrogens with one attached hydrogen (secondary N) is 2. The van der Waals surface area contributed by atoms with Crippen molar-refractivity contribution < 1.29 is 9.53 Å². The molecule has 0 aromatic heterocycles. The fraction of sp³-hybridized carbons (Fsp3) is 0.846. The molecule has 1 aliphatic rings. The first-order chi connectivity index (χ1) is 8.27. The Labute approximate surface area is 109 Å². The SMILES string of the molecule is COCCN=C1NC(=O)C(C)(CCC(C)(C)C)N1. The number of nitrogens with zero attached hydrogens (tertiary/aromatic N) is 1. The van der Waals surface area contributed by atoms with Crippen molar-refractivity contribution in [1.29, 1.82) is 0 Å². The number of methoxy groups -OCH3 is 1. The van der Waals surface area contributed by atoms with Gasteiger partial charge in [-0.3, -0.25) is 15.1 Å². The van der Waals surface area contributed by atoms with E-state index in [0.717, 1.165) is 12.8 Å². The van der Waals surface area contributed by atoms with Gasteiger partial charge in [0.2, 0.25) is 0 Å². The summed E-state index contributed by atoms with van der Waals surface area (Å²) in [5, 5.41) is 5.97. The number of guanidine groups is 1. The van der Waals surface area contributed by atoms with E-state index in [0.29, 0.717) is 19.1 Å². The van der Waals surface area contributed by atoms with Crippen molar-refractivity contribution in [2.24, 2.45) is 10.4 Å². The van der Waals surface area contributed by atoms with Gasteiger partial charge in [0.05, 0.1) is 13.2 Å². The Balaban J connectivity index is 2.57. The maximum atomic E-state index is 12.0. The molecule has 0 aromatic rings. The lowest BCUT2D eigenvalue weighted by atomic mass is 9.84. The van der Waals surface area contributed by atoms with Crippen LogP contribution < -0.4 is 10.6 Å². The first-order valence-corrected chi connectivity index (χ1v) is 6.40. The Bertz CT molecular complexity index is 334. The topological polar surface area (TPSA) is 62.7 Å². The third-order valence-corrected chi connectivity index (χ3v) is 3.07. The van der Waals surface area contributed by atoms with Crippen molar-refractivity contribution in [1.82, 2.24) is 10.6 Å². The first kappa shape index (κ1) is 15.0. The molecule has 2 N–H and O–H groups in total. The summed E-state index contributed by atoms with van der Waals surface area (Å²) in [6, 6.07) is 0. The fourth-order valence-electron chi connectivity index (χ4n) is 1.72. The molecular formula is C13H25N3O2. The molecule has 1 aliphatic heterocycles. The van der Waals surface area contributed by atoms with Gasteiger partial charge in [-0.1, -0.05) is 20.8 Å². The molecule has 1 amide bonds. The number of hydrogen-bond donors (Lipinski definition) is 2. The second kappa shape index (κ2) is 5.69. The molecule has 0 aromatic carbocycles. The Morgan fingerprint density at radius 1 is 1.39 bits per heavy atom. The number of carbonyl (C=O) groups is 1. The molecule has 5 heteroatoms. The molecule has 1 unspecified atom stereocenters. The van der Waals surface area contributed by atoms with Gasteiger partial charge in [0.25, 0.3) is 5.91 Å². The van der Waals surface area contributed by atoms with Gasteiger partial charge in [0.1, 0.15) is 5.54 Å². The Morgan fingerprint density at radius 3 is 2.61 bits per heavy atom. The Morgan fingerprint density at radius 2 is 2.06 bits per heavy atom. The predicted molar refractivity (Wildman–Crippen MR) is 72.6 cm³/mol. The van der Waals surface area contributed by atoms with Crippen molar-refractivity contribution >= 4 is 11.9 Å². The van der Waals surface area contributed by atoms with Crippen LogP contribution in [0.5, 0.6) is 0 Å². The van der Waals surface area contributed by atoms with E-state index in [9.17, 15) is 4.79 Å². The van der Waals surface area contributed by atoms with Crippen molar-refractivity contribution in [2.45, 2.75) is 46.1 Å². The van der Waals surface area contributed by atoms with Crippen LogP contribution >= 0.6 is 0 Å². The highest BCUT2D eigenvalue weighted by atomic mass is 16.5. The minimum Gasteiger partial charge on any atom is -0.383 e. The quantitative estimate of drug-likeness (QED) is 0.728. The predicted octanol–water partition coefficient (Wildman–Crippen LogP) is 1.29. The number of hydrogen-bond acceptors (Lipinski definition) is 3. The summed E-state index contributed by atoms with van der Waals surface area (Å²) < 4.78 is 4.93. The van der Waals surface area contributed by atoms with Gasteiger partial charge in [0, 0.05) is 7.11 Å². The van der Waals surface area contributed by atoms with Crippen LogP contribution in [0.25, 0.3) is 0 Å². The molecule has 18 heavy (non-hydrogen) atoms. The first-order valence-electron chi connectivity index (χ1n) is 6.40. The maximum absolute atomic E-state index is 12.0. The second-order valence-electron chi connectivity index (χ2n) is 6.20. The lowest BCUT2D eigenvalue weighted by Gasteiger charge is -2.26. The molecular weight excluding hydrogens is 230 g/mol. The van der Waals surface area contributed by atoms with Gasteiger partial charge in [-0.05, 0) is 25.2 Å². The fourth-order valence-corrected chi connectivity index (χ4v) is 1.72. The number of rotatable bonds is 5. The summed E-state index contributed by atoms with van der Waals surface area (Å²) in [5.74, 6) is 0.566. The molecule has 1 saturated heterocycles. The standard InChI is InChI=1S/C13H25N3O2/c1-12(2,3)6-7-13(4)10(17)15-11(16-13)14-8-9-18-5/h6-9H2,1-5H3,(H2,14,15,16,17). The van der Waals surface area contributed by atoms with Gasteiger partial charge >= 0.3 is 0 Å². The van der Waals surface area contributed by atoms with E-state index in [2.05, 4.69) is 36.4 Å². The molecule has 104 valence electrons. The third kappa shape index (κ3) is 4.29. The summed E-state index contributed by atoms with van der Waals surface area (Å²) in [6.45, 7) is 9.56. The third-order valence-electron chi connectivity index (χ3n) is 3.07. The minimum atomic E-state index is -0.542. The van der Waals surface area contributed by atoms with Crippen molar-refractivity contribution in [3.05, 3.63) is 0 Å². The molecule has 0 spiro atoms. The lowest BCUT2D eigenvalue weighted by molar-refractivity contribution is -0.123. The number of ether oxygens (including phenoxy) is 1. The Hall–Kier alpha value is -1.10. The summed E-state index contributed by atoms with van der Waals surface area (Å²) in [5.41, 5.74) is -0.319. The van der Waals surface area contributed by atoms with E-state index < -0.39 is 5.54 Å². The zero-order chi connectivity index (χ0) is 13.8. The minimum absolute atomic E-state index is 0.00270. The highest BCUT2D eigenvalue weighted by Gasteiger charge is 2.40.